The molecule has 0 aliphatic carbocycles. The second-order valence-corrected chi connectivity index (χ2v) is 6.86. The predicted octanol–water partition coefficient (Wildman–Crippen LogP) is 3.44. The van der Waals surface area contributed by atoms with E-state index < -0.39 is 0 Å². The van der Waals surface area contributed by atoms with E-state index >= 15 is 0 Å². The highest BCUT2D eigenvalue weighted by atomic mass is 15.2. The van der Waals surface area contributed by atoms with Gasteiger partial charge >= 0.3 is 0 Å². The number of rotatable bonds is 1. The molecule has 1 aromatic carbocycles. The minimum Gasteiger partial charge on any atom is -0.370 e. The van der Waals surface area contributed by atoms with Gasteiger partial charge in [0, 0.05) is 25.3 Å². The Labute approximate surface area is 118 Å². The molecule has 2 nitrogen and oxygen atoms in total. The average Bonchev–Trinajstić information content (AvgIpc) is 2.23. The minimum atomic E-state index is 0.324. The van der Waals surface area contributed by atoms with Crippen molar-refractivity contribution in [2.24, 2.45) is 5.41 Å². The molecule has 0 bridgehead atoms. The van der Waals surface area contributed by atoms with Gasteiger partial charge in [0.15, 0.2) is 0 Å². The number of aryl methyl sites for hydroxylation is 3. The van der Waals surface area contributed by atoms with E-state index in [2.05, 4.69) is 57.0 Å². The molecule has 1 aliphatic heterocycles. The van der Waals surface area contributed by atoms with E-state index in [-0.39, 0.29) is 0 Å². The first-order valence-electron chi connectivity index (χ1n) is 7.42. The highest BCUT2D eigenvalue weighted by molar-refractivity contribution is 5.60. The average molecular weight is 260 g/mol. The van der Waals surface area contributed by atoms with Crippen LogP contribution in [0.5, 0.6) is 0 Å². The van der Waals surface area contributed by atoms with Crippen LogP contribution >= 0.6 is 0 Å². The molecule has 0 amide bonds. The van der Waals surface area contributed by atoms with Gasteiger partial charge in [-0.15, -0.1) is 0 Å². The summed E-state index contributed by atoms with van der Waals surface area (Å²) in [6, 6.07) is 4.62. The zero-order chi connectivity index (χ0) is 14.0. The van der Waals surface area contributed by atoms with E-state index in [0.29, 0.717) is 5.41 Å². The zero-order valence-corrected chi connectivity index (χ0v) is 13.1. The molecule has 1 fully saturated rings. The summed E-state index contributed by atoms with van der Waals surface area (Å²) in [6.07, 6.45) is 1.23. The molecule has 0 unspecified atom stereocenters. The summed E-state index contributed by atoms with van der Waals surface area (Å²) in [6.45, 7) is 15.9. The second kappa shape index (κ2) is 5.54. The highest BCUT2D eigenvalue weighted by Gasteiger charge is 2.25. The third-order valence-electron chi connectivity index (χ3n) is 3.96. The second-order valence-electron chi connectivity index (χ2n) is 6.86. The molecule has 106 valence electrons. The molecule has 1 heterocycles. The molecule has 1 N–H and O–H groups in total. The van der Waals surface area contributed by atoms with Crippen LogP contribution in [0.25, 0.3) is 0 Å². The lowest BCUT2D eigenvalue weighted by Crippen LogP contribution is -2.45. The van der Waals surface area contributed by atoms with Crippen molar-refractivity contribution in [2.45, 2.75) is 41.0 Å². The molecule has 19 heavy (non-hydrogen) atoms. The van der Waals surface area contributed by atoms with Crippen LogP contribution in [0, 0.1) is 26.2 Å². The molecule has 1 aliphatic rings. The lowest BCUT2D eigenvalue weighted by molar-refractivity contribution is 0.325. The van der Waals surface area contributed by atoms with Gasteiger partial charge in [0.2, 0.25) is 0 Å². The van der Waals surface area contributed by atoms with Gasteiger partial charge in [-0.25, -0.2) is 0 Å². The molecule has 0 aromatic heterocycles. The third kappa shape index (κ3) is 3.50. The molecule has 0 radical (unpaired) electrons. The first kappa shape index (κ1) is 14.4. The van der Waals surface area contributed by atoms with Crippen LogP contribution in [-0.4, -0.2) is 26.2 Å². The van der Waals surface area contributed by atoms with Crippen LogP contribution in [0.3, 0.4) is 0 Å². The molecule has 2 heteroatoms. The molecule has 1 aromatic rings. The van der Waals surface area contributed by atoms with E-state index in [0.717, 1.165) is 26.2 Å². The summed E-state index contributed by atoms with van der Waals surface area (Å²) in [5.41, 5.74) is 5.99. The van der Waals surface area contributed by atoms with Crippen molar-refractivity contribution < 1.29 is 0 Å². The van der Waals surface area contributed by atoms with Crippen molar-refractivity contribution in [3.05, 3.63) is 28.8 Å². The van der Waals surface area contributed by atoms with Crippen LogP contribution in [0.2, 0.25) is 0 Å². The monoisotopic (exact) mass is 260 g/mol. The Kier molecular flexibility index (Phi) is 4.19. The van der Waals surface area contributed by atoms with Crippen LogP contribution in [-0.2, 0) is 0 Å². The van der Waals surface area contributed by atoms with Crippen LogP contribution in [0.15, 0.2) is 12.1 Å². The first-order valence-corrected chi connectivity index (χ1v) is 7.42. The van der Waals surface area contributed by atoms with Crippen molar-refractivity contribution in [1.82, 2.24) is 5.32 Å². The Hall–Kier alpha value is -1.02. The maximum atomic E-state index is 3.56. The SMILES string of the molecule is Cc1cc(C)c(N2CCCNCC(C)(C)C2)c(C)c1. The largest absolute Gasteiger partial charge is 0.370 e. The molecule has 2 rings (SSSR count). The van der Waals surface area contributed by atoms with E-state index in [1.165, 1.54) is 28.8 Å². The summed E-state index contributed by atoms with van der Waals surface area (Å²) >= 11 is 0. The van der Waals surface area contributed by atoms with Crippen molar-refractivity contribution in [1.29, 1.82) is 0 Å². The zero-order valence-electron chi connectivity index (χ0n) is 13.1. The fourth-order valence-corrected chi connectivity index (χ4v) is 3.34. The number of hydrogen-bond donors (Lipinski definition) is 1. The predicted molar refractivity (Wildman–Crippen MR) is 84.1 cm³/mol. The van der Waals surface area contributed by atoms with Gasteiger partial charge in [-0.2, -0.15) is 0 Å². The summed E-state index contributed by atoms with van der Waals surface area (Å²) in [4.78, 5) is 2.60. The van der Waals surface area contributed by atoms with Gasteiger partial charge in [0.25, 0.3) is 0 Å². The number of benzene rings is 1. The number of hydrogen-bond acceptors (Lipinski definition) is 2. The summed E-state index contributed by atoms with van der Waals surface area (Å²) in [7, 11) is 0. The topological polar surface area (TPSA) is 15.3 Å². The Morgan fingerprint density at radius 3 is 2.37 bits per heavy atom. The maximum absolute atomic E-state index is 3.56. The van der Waals surface area contributed by atoms with Crippen molar-refractivity contribution >= 4 is 5.69 Å². The van der Waals surface area contributed by atoms with Gasteiger partial charge in [0.1, 0.15) is 0 Å². The van der Waals surface area contributed by atoms with Crippen LogP contribution in [0.4, 0.5) is 5.69 Å². The van der Waals surface area contributed by atoms with Crippen LogP contribution < -0.4 is 10.2 Å². The van der Waals surface area contributed by atoms with Gasteiger partial charge in [0.05, 0.1) is 0 Å². The van der Waals surface area contributed by atoms with Gasteiger partial charge in [-0.05, 0) is 50.3 Å². The quantitative estimate of drug-likeness (QED) is 0.832. The Morgan fingerprint density at radius 2 is 1.74 bits per heavy atom. The molecule has 0 spiro atoms. The summed E-state index contributed by atoms with van der Waals surface area (Å²) < 4.78 is 0. The summed E-state index contributed by atoms with van der Waals surface area (Å²) in [5.74, 6) is 0. The van der Waals surface area contributed by atoms with Crippen molar-refractivity contribution in [3.8, 4) is 0 Å². The van der Waals surface area contributed by atoms with E-state index in [1.807, 2.05) is 0 Å². The molecular weight excluding hydrogens is 232 g/mol. The van der Waals surface area contributed by atoms with Crippen molar-refractivity contribution in [3.63, 3.8) is 0 Å². The lowest BCUT2D eigenvalue weighted by Gasteiger charge is -2.38. The Balaban J connectivity index is 2.33. The fourth-order valence-electron chi connectivity index (χ4n) is 3.34. The lowest BCUT2D eigenvalue weighted by atomic mass is 9.90. The molecule has 1 saturated heterocycles. The number of nitrogens with one attached hydrogen (secondary N) is 1. The standard InChI is InChI=1S/C17H28N2/c1-13-9-14(2)16(15(3)10-13)19-8-6-7-18-11-17(4,5)12-19/h9-10,18H,6-8,11-12H2,1-5H3. The van der Waals surface area contributed by atoms with Crippen molar-refractivity contribution in [2.75, 3.05) is 31.1 Å². The van der Waals surface area contributed by atoms with Gasteiger partial charge in [-0.1, -0.05) is 31.5 Å². The van der Waals surface area contributed by atoms with Crippen LogP contribution in [0.1, 0.15) is 37.0 Å². The molecular formula is C17H28N2. The Bertz CT molecular complexity index is 426. The summed E-state index contributed by atoms with van der Waals surface area (Å²) in [5, 5.41) is 3.56. The number of nitrogens with zero attached hydrogens (tertiary/aromatic N) is 1. The van der Waals surface area contributed by atoms with E-state index in [1.54, 1.807) is 0 Å². The fraction of sp³-hybridized carbons (Fsp3) is 0.647. The first-order chi connectivity index (χ1) is 8.89. The highest BCUT2D eigenvalue weighted by Crippen LogP contribution is 2.30. The molecule has 0 atom stereocenters. The van der Waals surface area contributed by atoms with E-state index in [4.69, 9.17) is 0 Å². The minimum absolute atomic E-state index is 0.324. The normalized spacial score (nSPS) is 19.9. The third-order valence-corrected chi connectivity index (χ3v) is 3.96. The Morgan fingerprint density at radius 1 is 1.11 bits per heavy atom. The van der Waals surface area contributed by atoms with Gasteiger partial charge in [-0.3, -0.25) is 0 Å². The molecule has 0 saturated carbocycles. The number of anilines is 1. The van der Waals surface area contributed by atoms with Gasteiger partial charge < -0.3 is 10.2 Å². The maximum Gasteiger partial charge on any atom is 0.0426 e. The van der Waals surface area contributed by atoms with E-state index in [9.17, 15) is 0 Å². The smallest absolute Gasteiger partial charge is 0.0426 e.